The van der Waals surface area contributed by atoms with E-state index in [0.717, 1.165) is 28.1 Å². The summed E-state index contributed by atoms with van der Waals surface area (Å²) in [5.41, 5.74) is 4.12. The highest BCUT2D eigenvalue weighted by atomic mass is 16.5. The number of rotatable bonds is 5. The lowest BCUT2D eigenvalue weighted by Gasteiger charge is -2.20. The first kappa shape index (κ1) is 17.1. The fraction of sp³-hybridized carbons (Fsp3) is 0.350. The molecule has 2 rings (SSSR count). The highest BCUT2D eigenvalue weighted by Crippen LogP contribution is 2.28. The lowest BCUT2D eigenvalue weighted by Crippen LogP contribution is -2.31. The molecule has 122 valence electrons. The van der Waals surface area contributed by atoms with Crippen molar-refractivity contribution in [2.45, 2.75) is 46.6 Å². The summed E-state index contributed by atoms with van der Waals surface area (Å²) in [6, 6.07) is 13.8. The van der Waals surface area contributed by atoms with Gasteiger partial charge in [-0.25, -0.2) is 0 Å². The molecule has 0 heterocycles. The molecule has 0 spiro atoms. The van der Waals surface area contributed by atoms with Crippen LogP contribution in [0.5, 0.6) is 5.75 Å². The third-order valence-electron chi connectivity index (χ3n) is 3.94. The summed E-state index contributed by atoms with van der Waals surface area (Å²) in [7, 11) is 0. The smallest absolute Gasteiger partial charge is 0.265 e. The molecule has 0 aromatic heterocycles. The minimum atomic E-state index is -0.560. The Morgan fingerprint density at radius 3 is 2.26 bits per heavy atom. The van der Waals surface area contributed by atoms with Crippen molar-refractivity contribution < 1.29 is 9.53 Å². The van der Waals surface area contributed by atoms with Crippen molar-refractivity contribution >= 4 is 11.6 Å². The zero-order valence-electron chi connectivity index (χ0n) is 14.5. The molecule has 3 nitrogen and oxygen atoms in total. The van der Waals surface area contributed by atoms with Gasteiger partial charge in [-0.2, -0.15) is 0 Å². The first-order chi connectivity index (χ1) is 10.9. The molecule has 0 aliphatic carbocycles. The van der Waals surface area contributed by atoms with Gasteiger partial charge in [-0.1, -0.05) is 50.2 Å². The van der Waals surface area contributed by atoms with Gasteiger partial charge in [-0.15, -0.1) is 0 Å². The van der Waals surface area contributed by atoms with Gasteiger partial charge in [-0.3, -0.25) is 4.79 Å². The Hall–Kier alpha value is -2.29. The second-order valence-corrected chi connectivity index (χ2v) is 6.21. The monoisotopic (exact) mass is 311 g/mol. The number of anilines is 1. The molecule has 0 saturated heterocycles. The van der Waals surface area contributed by atoms with E-state index in [-0.39, 0.29) is 5.91 Å². The molecule has 0 saturated carbocycles. The van der Waals surface area contributed by atoms with E-state index in [2.05, 4.69) is 25.2 Å². The van der Waals surface area contributed by atoms with Crippen molar-refractivity contribution in [3.63, 3.8) is 0 Å². The minimum Gasteiger partial charge on any atom is -0.481 e. The molecule has 1 amide bonds. The molecule has 1 N–H and O–H groups in total. The summed E-state index contributed by atoms with van der Waals surface area (Å²) in [4.78, 5) is 12.5. The predicted octanol–water partition coefficient (Wildman–Crippen LogP) is 4.83. The van der Waals surface area contributed by atoms with E-state index in [9.17, 15) is 4.79 Å². The molecule has 0 fully saturated rings. The van der Waals surface area contributed by atoms with Gasteiger partial charge in [0.15, 0.2) is 6.10 Å². The van der Waals surface area contributed by atoms with E-state index in [1.165, 1.54) is 0 Å². The van der Waals surface area contributed by atoms with Crippen molar-refractivity contribution in [2.75, 3.05) is 5.32 Å². The van der Waals surface area contributed by atoms with Crippen molar-refractivity contribution in [2.24, 2.45) is 0 Å². The van der Waals surface area contributed by atoms with E-state index in [1.807, 2.05) is 50.2 Å². The summed E-state index contributed by atoms with van der Waals surface area (Å²) < 4.78 is 5.81. The van der Waals surface area contributed by atoms with E-state index in [1.54, 1.807) is 6.92 Å². The average Bonchev–Trinajstić information content (AvgIpc) is 2.51. The third-order valence-corrected chi connectivity index (χ3v) is 3.94. The quantitative estimate of drug-likeness (QED) is 0.858. The lowest BCUT2D eigenvalue weighted by molar-refractivity contribution is -0.122. The topological polar surface area (TPSA) is 38.3 Å². The molecule has 1 atom stereocenters. The number of hydrogen-bond donors (Lipinski definition) is 1. The third kappa shape index (κ3) is 4.13. The first-order valence-corrected chi connectivity index (χ1v) is 8.02. The predicted molar refractivity (Wildman–Crippen MR) is 95.2 cm³/mol. The molecule has 1 unspecified atom stereocenters. The van der Waals surface area contributed by atoms with Gasteiger partial charge in [0, 0.05) is 5.69 Å². The van der Waals surface area contributed by atoms with Crippen molar-refractivity contribution in [1.82, 2.24) is 0 Å². The number of amides is 1. The standard InChI is InChI=1S/C20H25NO2/c1-13(2)17-11-8-10-15(4)19(17)21-20(22)16(5)23-18-12-7-6-9-14(18)3/h6-13,16H,1-5H3,(H,21,22). The molecule has 0 aliphatic rings. The molecule has 23 heavy (non-hydrogen) atoms. The van der Waals surface area contributed by atoms with Crippen molar-refractivity contribution in [3.8, 4) is 5.75 Å². The second-order valence-electron chi connectivity index (χ2n) is 6.21. The zero-order chi connectivity index (χ0) is 17.0. The summed E-state index contributed by atoms with van der Waals surface area (Å²) in [6.45, 7) is 10.00. The Labute approximate surface area is 138 Å². The molecule has 0 aliphatic heterocycles. The number of ether oxygens (including phenoxy) is 1. The van der Waals surface area contributed by atoms with E-state index in [0.29, 0.717) is 5.92 Å². The summed E-state index contributed by atoms with van der Waals surface area (Å²) in [5.74, 6) is 0.950. The van der Waals surface area contributed by atoms with Gasteiger partial charge >= 0.3 is 0 Å². The van der Waals surface area contributed by atoms with Crippen LogP contribution in [-0.4, -0.2) is 12.0 Å². The molecule has 2 aromatic carbocycles. The average molecular weight is 311 g/mol. The number of carbonyl (C=O) groups is 1. The Kier molecular flexibility index (Phi) is 5.43. The maximum Gasteiger partial charge on any atom is 0.265 e. The van der Waals surface area contributed by atoms with Gasteiger partial charge in [0.2, 0.25) is 0 Å². The van der Waals surface area contributed by atoms with Crippen LogP contribution < -0.4 is 10.1 Å². The van der Waals surface area contributed by atoms with E-state index < -0.39 is 6.10 Å². The fourth-order valence-electron chi connectivity index (χ4n) is 2.50. The molecule has 3 heteroatoms. The number of hydrogen-bond acceptors (Lipinski definition) is 2. The van der Waals surface area contributed by atoms with Crippen LogP contribution in [0.3, 0.4) is 0 Å². The minimum absolute atomic E-state index is 0.135. The van der Waals surface area contributed by atoms with Gasteiger partial charge < -0.3 is 10.1 Å². The van der Waals surface area contributed by atoms with Crippen LogP contribution in [-0.2, 0) is 4.79 Å². The normalized spacial score (nSPS) is 12.1. The summed E-state index contributed by atoms with van der Waals surface area (Å²) in [6.07, 6.45) is -0.560. The van der Waals surface area contributed by atoms with Crippen LogP contribution in [0, 0.1) is 13.8 Å². The zero-order valence-corrected chi connectivity index (χ0v) is 14.5. The number of para-hydroxylation sites is 2. The molecular formula is C20H25NO2. The van der Waals surface area contributed by atoms with Gasteiger partial charge in [0.05, 0.1) is 0 Å². The maximum atomic E-state index is 12.5. The lowest BCUT2D eigenvalue weighted by atomic mass is 9.98. The van der Waals surface area contributed by atoms with Crippen LogP contribution in [0.25, 0.3) is 0 Å². The Morgan fingerprint density at radius 2 is 1.61 bits per heavy atom. The van der Waals surface area contributed by atoms with Crippen molar-refractivity contribution in [1.29, 1.82) is 0 Å². The molecule has 2 aromatic rings. The highest BCUT2D eigenvalue weighted by Gasteiger charge is 2.18. The first-order valence-electron chi connectivity index (χ1n) is 8.02. The summed E-state index contributed by atoms with van der Waals surface area (Å²) in [5, 5.41) is 3.04. The Morgan fingerprint density at radius 1 is 0.957 bits per heavy atom. The number of nitrogens with one attached hydrogen (secondary N) is 1. The number of aryl methyl sites for hydroxylation is 2. The second kappa shape index (κ2) is 7.32. The highest BCUT2D eigenvalue weighted by molar-refractivity contribution is 5.95. The molecular weight excluding hydrogens is 286 g/mol. The fourth-order valence-corrected chi connectivity index (χ4v) is 2.50. The van der Waals surface area contributed by atoms with Crippen LogP contribution in [0.15, 0.2) is 42.5 Å². The largest absolute Gasteiger partial charge is 0.481 e. The van der Waals surface area contributed by atoms with Gasteiger partial charge in [0.1, 0.15) is 5.75 Å². The van der Waals surface area contributed by atoms with Crippen LogP contribution in [0.2, 0.25) is 0 Å². The van der Waals surface area contributed by atoms with Crippen LogP contribution in [0.4, 0.5) is 5.69 Å². The van der Waals surface area contributed by atoms with Crippen molar-refractivity contribution in [3.05, 3.63) is 59.2 Å². The Balaban J connectivity index is 2.15. The molecule has 0 radical (unpaired) electrons. The van der Waals surface area contributed by atoms with E-state index in [4.69, 9.17) is 4.74 Å². The summed E-state index contributed by atoms with van der Waals surface area (Å²) >= 11 is 0. The van der Waals surface area contributed by atoms with Crippen LogP contribution in [0.1, 0.15) is 43.4 Å². The number of carbonyl (C=O) groups excluding carboxylic acids is 1. The van der Waals surface area contributed by atoms with E-state index >= 15 is 0 Å². The van der Waals surface area contributed by atoms with Gasteiger partial charge in [-0.05, 0) is 49.4 Å². The Bertz CT molecular complexity index is 692. The van der Waals surface area contributed by atoms with Crippen LogP contribution >= 0.6 is 0 Å². The maximum absolute atomic E-state index is 12.5. The molecule has 0 bridgehead atoms. The van der Waals surface area contributed by atoms with Gasteiger partial charge in [0.25, 0.3) is 5.91 Å². The number of benzene rings is 2. The SMILES string of the molecule is Cc1ccccc1OC(C)C(=O)Nc1c(C)cccc1C(C)C.